The van der Waals surface area contributed by atoms with E-state index < -0.39 is 0 Å². The third-order valence-electron chi connectivity index (χ3n) is 3.92. The largest absolute Gasteiger partial charge is 0.338 e. The van der Waals surface area contributed by atoms with Crippen LogP contribution in [0.2, 0.25) is 0 Å². The van der Waals surface area contributed by atoms with E-state index in [1.54, 1.807) is 4.90 Å². The van der Waals surface area contributed by atoms with Gasteiger partial charge in [0.25, 0.3) is 0 Å². The Morgan fingerprint density at radius 2 is 2.05 bits per heavy atom. The molecule has 2 rings (SSSR count). The van der Waals surface area contributed by atoms with Crippen molar-refractivity contribution >= 4 is 11.8 Å². The van der Waals surface area contributed by atoms with Gasteiger partial charge in [-0.25, -0.2) is 5.26 Å². The number of likely N-dealkylation sites (tertiary alicyclic amines) is 2. The molecule has 2 saturated heterocycles. The van der Waals surface area contributed by atoms with Crippen molar-refractivity contribution in [1.29, 1.82) is 5.26 Å². The molecule has 0 aromatic carbocycles. The molecule has 2 aliphatic heterocycles. The van der Waals surface area contributed by atoms with Gasteiger partial charge in [-0.2, -0.15) is 0 Å². The van der Waals surface area contributed by atoms with Crippen LogP contribution in [0.1, 0.15) is 45.4 Å². The lowest BCUT2D eigenvalue weighted by Gasteiger charge is -2.30. The number of nitrogens with zero attached hydrogens (tertiary/aromatic N) is 3. The third-order valence-corrected chi connectivity index (χ3v) is 3.92. The fourth-order valence-electron chi connectivity index (χ4n) is 2.87. The summed E-state index contributed by atoms with van der Waals surface area (Å²) in [5.41, 5.74) is 0. The molecule has 0 bridgehead atoms. The molecule has 0 saturated carbocycles. The first-order valence-corrected chi connectivity index (χ1v) is 7.05. The summed E-state index contributed by atoms with van der Waals surface area (Å²) in [7, 11) is 0. The minimum absolute atomic E-state index is 0.143. The van der Waals surface area contributed by atoms with Crippen LogP contribution in [0.5, 0.6) is 0 Å². The van der Waals surface area contributed by atoms with E-state index in [9.17, 15) is 9.59 Å². The normalized spacial score (nSPS) is 22.9. The van der Waals surface area contributed by atoms with E-state index in [1.165, 1.54) is 0 Å². The monoisotopic (exact) mass is 265 g/mol. The molecule has 2 fully saturated rings. The molecule has 106 valence electrons. The van der Waals surface area contributed by atoms with Crippen LogP contribution in [0.25, 0.3) is 0 Å². The highest BCUT2D eigenvalue weighted by atomic mass is 16.2. The maximum absolute atomic E-state index is 12.2. The maximum atomic E-state index is 12.2. The lowest BCUT2D eigenvalue weighted by Crippen LogP contribution is -2.46. The molecule has 0 aromatic heterocycles. The number of hydrogen-bond acceptors (Lipinski definition) is 3. The molecule has 5 heteroatoms. The Bertz CT molecular complexity index is 341. The molecule has 19 heavy (non-hydrogen) atoms. The summed E-state index contributed by atoms with van der Waals surface area (Å²) in [5, 5.41) is 6.50. The van der Waals surface area contributed by atoms with E-state index in [0.717, 1.165) is 45.2 Å². The Morgan fingerprint density at radius 1 is 1.32 bits per heavy atom. The van der Waals surface area contributed by atoms with Crippen LogP contribution in [0, 0.1) is 11.8 Å². The van der Waals surface area contributed by atoms with Gasteiger partial charge in [0.2, 0.25) is 11.8 Å². The van der Waals surface area contributed by atoms with Gasteiger partial charge in [-0.1, -0.05) is 6.92 Å². The first-order valence-electron chi connectivity index (χ1n) is 7.05. The van der Waals surface area contributed by atoms with Crippen molar-refractivity contribution in [2.45, 2.75) is 51.5 Å². The second-order valence-electron chi connectivity index (χ2n) is 5.06. The fraction of sp³-hybridized carbons (Fsp3) is 0.786. The SMILES string of the molecule is C#N.CC[C@@H]1CCCN1C(=O)CN1CCCCC1=O. The van der Waals surface area contributed by atoms with Crippen molar-refractivity contribution in [3.8, 4) is 6.57 Å². The third kappa shape index (κ3) is 3.95. The Kier molecular flexibility index (Phi) is 6.34. The highest BCUT2D eigenvalue weighted by Gasteiger charge is 2.29. The van der Waals surface area contributed by atoms with E-state index in [0.29, 0.717) is 19.0 Å². The van der Waals surface area contributed by atoms with Crippen LogP contribution in [-0.4, -0.2) is 47.3 Å². The summed E-state index contributed by atoms with van der Waals surface area (Å²) in [6.45, 7) is 7.56. The first kappa shape index (κ1) is 15.5. The van der Waals surface area contributed by atoms with Crippen LogP contribution in [0.3, 0.4) is 0 Å². The molecule has 0 aromatic rings. The van der Waals surface area contributed by atoms with Crippen LogP contribution >= 0.6 is 0 Å². The fourth-order valence-corrected chi connectivity index (χ4v) is 2.87. The van der Waals surface area contributed by atoms with Crippen molar-refractivity contribution in [1.82, 2.24) is 9.80 Å². The minimum atomic E-state index is 0.143. The average Bonchev–Trinajstić information content (AvgIpc) is 2.92. The van der Waals surface area contributed by atoms with Gasteiger partial charge in [-0.15, -0.1) is 0 Å². The molecule has 0 unspecified atom stereocenters. The highest BCUT2D eigenvalue weighted by Crippen LogP contribution is 2.20. The van der Waals surface area contributed by atoms with Gasteiger partial charge in [-0.3, -0.25) is 9.59 Å². The van der Waals surface area contributed by atoms with E-state index in [1.807, 2.05) is 4.90 Å². The Balaban J connectivity index is 0.000000861. The van der Waals surface area contributed by atoms with Gasteiger partial charge in [0.1, 0.15) is 0 Å². The van der Waals surface area contributed by atoms with Gasteiger partial charge < -0.3 is 9.80 Å². The number of carbonyl (C=O) groups excluding carboxylic acids is 2. The van der Waals surface area contributed by atoms with Crippen molar-refractivity contribution in [2.24, 2.45) is 0 Å². The second-order valence-corrected chi connectivity index (χ2v) is 5.06. The zero-order valence-electron chi connectivity index (χ0n) is 11.7. The van der Waals surface area contributed by atoms with Crippen LogP contribution < -0.4 is 0 Å². The average molecular weight is 265 g/mol. The lowest BCUT2D eigenvalue weighted by atomic mass is 10.1. The zero-order valence-corrected chi connectivity index (χ0v) is 11.7. The number of rotatable bonds is 3. The molecule has 0 spiro atoms. The quantitative estimate of drug-likeness (QED) is 0.777. The predicted molar refractivity (Wildman–Crippen MR) is 72.1 cm³/mol. The van der Waals surface area contributed by atoms with Crippen LogP contribution in [0.15, 0.2) is 0 Å². The molecule has 0 N–H and O–H groups in total. The van der Waals surface area contributed by atoms with Crippen LogP contribution in [-0.2, 0) is 9.59 Å². The predicted octanol–water partition coefficient (Wildman–Crippen LogP) is 1.54. The van der Waals surface area contributed by atoms with Gasteiger partial charge in [-0.05, 0) is 32.1 Å². The molecule has 2 amide bonds. The second kappa shape index (κ2) is 7.78. The number of nitriles is 1. The number of piperidine rings is 1. The smallest absolute Gasteiger partial charge is 0.242 e. The topological polar surface area (TPSA) is 64.4 Å². The molecule has 0 radical (unpaired) electrons. The van der Waals surface area contributed by atoms with Crippen molar-refractivity contribution in [2.75, 3.05) is 19.6 Å². The lowest BCUT2D eigenvalue weighted by molar-refractivity contribution is -0.142. The molecule has 0 aliphatic carbocycles. The molecule has 1 atom stereocenters. The molecular weight excluding hydrogens is 242 g/mol. The Labute approximate surface area is 115 Å². The van der Waals surface area contributed by atoms with Gasteiger partial charge in [0.15, 0.2) is 0 Å². The summed E-state index contributed by atoms with van der Waals surface area (Å²) in [6.07, 6.45) is 5.89. The van der Waals surface area contributed by atoms with Gasteiger partial charge >= 0.3 is 0 Å². The molecule has 2 heterocycles. The van der Waals surface area contributed by atoms with Crippen molar-refractivity contribution < 1.29 is 9.59 Å². The van der Waals surface area contributed by atoms with Gasteiger partial charge in [0, 0.05) is 32.1 Å². The van der Waals surface area contributed by atoms with E-state index >= 15 is 0 Å². The number of carbonyl (C=O) groups is 2. The summed E-state index contributed by atoms with van der Waals surface area (Å²) >= 11 is 0. The van der Waals surface area contributed by atoms with E-state index in [2.05, 4.69) is 13.5 Å². The van der Waals surface area contributed by atoms with Gasteiger partial charge in [0.05, 0.1) is 6.54 Å². The Hall–Kier alpha value is -1.57. The molecule has 2 aliphatic rings. The van der Waals surface area contributed by atoms with Crippen LogP contribution in [0.4, 0.5) is 0 Å². The van der Waals surface area contributed by atoms with E-state index in [-0.39, 0.29) is 11.8 Å². The van der Waals surface area contributed by atoms with E-state index in [4.69, 9.17) is 5.26 Å². The number of hydrogen-bond donors (Lipinski definition) is 0. The minimum Gasteiger partial charge on any atom is -0.338 e. The first-order chi connectivity index (χ1) is 9.22. The van der Waals surface area contributed by atoms with Crippen molar-refractivity contribution in [3.05, 3.63) is 0 Å². The molecular formula is C14H23N3O2. The maximum Gasteiger partial charge on any atom is 0.242 e. The van der Waals surface area contributed by atoms with Crippen molar-refractivity contribution in [3.63, 3.8) is 0 Å². The molecule has 5 nitrogen and oxygen atoms in total. The summed E-state index contributed by atoms with van der Waals surface area (Å²) in [4.78, 5) is 27.5. The summed E-state index contributed by atoms with van der Waals surface area (Å²) in [6, 6.07) is 0.405. The standard InChI is InChI=1S/C13H22N2O2.CHN/c1-2-11-6-5-9-15(11)13(17)10-14-8-4-3-7-12(14)16;1-2/h11H,2-10H2,1H3;1H/t11-;/m1./s1. The zero-order chi connectivity index (χ0) is 14.3. The summed E-state index contributed by atoms with van der Waals surface area (Å²) < 4.78 is 0. The number of amides is 2. The Morgan fingerprint density at radius 3 is 2.68 bits per heavy atom. The summed E-state index contributed by atoms with van der Waals surface area (Å²) in [5.74, 6) is 0.293. The highest BCUT2D eigenvalue weighted by molar-refractivity contribution is 5.85.